The Morgan fingerprint density at radius 2 is 2.12 bits per heavy atom. The van der Waals surface area contributed by atoms with E-state index in [0.29, 0.717) is 5.88 Å². The molecule has 1 aromatic heterocycles. The van der Waals surface area contributed by atoms with E-state index >= 15 is 0 Å². The van der Waals surface area contributed by atoms with Crippen LogP contribution >= 0.6 is 0 Å². The third-order valence-corrected chi connectivity index (χ3v) is 3.05. The van der Waals surface area contributed by atoms with Gasteiger partial charge in [-0.15, -0.1) is 0 Å². The number of rotatable bonds is 5. The van der Waals surface area contributed by atoms with Crippen molar-refractivity contribution in [1.82, 2.24) is 9.97 Å². The van der Waals surface area contributed by atoms with E-state index in [0.717, 1.165) is 18.3 Å². The molecule has 0 saturated heterocycles. The molecule has 4 heteroatoms. The summed E-state index contributed by atoms with van der Waals surface area (Å²) in [6, 6.07) is 1.87. The third kappa shape index (κ3) is 3.88. The molecule has 0 aromatic carbocycles. The van der Waals surface area contributed by atoms with Gasteiger partial charge in [0, 0.05) is 12.6 Å². The highest BCUT2D eigenvalue weighted by atomic mass is 16.5. The summed E-state index contributed by atoms with van der Waals surface area (Å²) in [6.45, 7) is 5.00. The van der Waals surface area contributed by atoms with E-state index in [1.807, 2.05) is 19.9 Å². The van der Waals surface area contributed by atoms with Gasteiger partial charge >= 0.3 is 0 Å². The zero-order valence-corrected chi connectivity index (χ0v) is 10.6. The van der Waals surface area contributed by atoms with Crippen LogP contribution in [0, 0.1) is 5.92 Å². The van der Waals surface area contributed by atoms with E-state index in [1.165, 1.54) is 25.7 Å². The second-order valence-electron chi connectivity index (χ2n) is 4.94. The maximum Gasteiger partial charge on any atom is 0.218 e. The molecule has 0 spiro atoms. The van der Waals surface area contributed by atoms with Crippen molar-refractivity contribution < 1.29 is 4.74 Å². The van der Waals surface area contributed by atoms with Gasteiger partial charge in [-0.2, -0.15) is 0 Å². The Kier molecular flexibility index (Phi) is 4.18. The Balaban J connectivity index is 1.86. The fourth-order valence-electron chi connectivity index (χ4n) is 2.21. The molecular weight excluding hydrogens is 214 g/mol. The summed E-state index contributed by atoms with van der Waals surface area (Å²) in [6.07, 6.45) is 7.12. The SMILES string of the molecule is CC(C)Oc1cc(NCC2CCCC2)ncn1. The lowest BCUT2D eigenvalue weighted by molar-refractivity contribution is 0.232. The largest absolute Gasteiger partial charge is 0.475 e. The molecule has 0 radical (unpaired) electrons. The molecule has 1 fully saturated rings. The fraction of sp³-hybridized carbons (Fsp3) is 0.692. The van der Waals surface area contributed by atoms with Crippen LogP contribution in [0.3, 0.4) is 0 Å². The van der Waals surface area contributed by atoms with Crippen LogP contribution < -0.4 is 10.1 Å². The first-order valence-electron chi connectivity index (χ1n) is 6.46. The summed E-state index contributed by atoms with van der Waals surface area (Å²) in [5.41, 5.74) is 0. The van der Waals surface area contributed by atoms with Gasteiger partial charge in [0.2, 0.25) is 5.88 Å². The standard InChI is InChI=1S/C13H21N3O/c1-10(2)17-13-7-12(15-9-16-13)14-8-11-5-3-4-6-11/h7,9-11H,3-6,8H2,1-2H3,(H,14,15,16). The fourth-order valence-corrected chi connectivity index (χ4v) is 2.21. The molecule has 0 atom stereocenters. The summed E-state index contributed by atoms with van der Waals surface area (Å²) in [4.78, 5) is 8.29. The molecule has 0 amide bonds. The number of aromatic nitrogens is 2. The van der Waals surface area contributed by atoms with E-state index < -0.39 is 0 Å². The topological polar surface area (TPSA) is 47.0 Å². The number of anilines is 1. The van der Waals surface area contributed by atoms with Crippen LogP contribution in [0.2, 0.25) is 0 Å². The summed E-state index contributed by atoms with van der Waals surface area (Å²) in [7, 11) is 0. The normalized spacial score (nSPS) is 16.4. The molecule has 1 N–H and O–H groups in total. The molecule has 0 bridgehead atoms. The van der Waals surface area contributed by atoms with Crippen molar-refractivity contribution in [2.24, 2.45) is 5.92 Å². The highest BCUT2D eigenvalue weighted by molar-refractivity contribution is 5.37. The number of hydrogen-bond donors (Lipinski definition) is 1. The van der Waals surface area contributed by atoms with Crippen LogP contribution in [-0.4, -0.2) is 22.6 Å². The molecule has 2 rings (SSSR count). The van der Waals surface area contributed by atoms with E-state index in [2.05, 4.69) is 15.3 Å². The van der Waals surface area contributed by atoms with Crippen molar-refractivity contribution in [3.8, 4) is 5.88 Å². The van der Waals surface area contributed by atoms with Crippen LogP contribution in [0.1, 0.15) is 39.5 Å². The van der Waals surface area contributed by atoms with Gasteiger partial charge in [-0.1, -0.05) is 12.8 Å². The van der Waals surface area contributed by atoms with Gasteiger partial charge in [-0.3, -0.25) is 0 Å². The monoisotopic (exact) mass is 235 g/mol. The molecule has 0 aliphatic heterocycles. The Morgan fingerprint density at radius 3 is 2.82 bits per heavy atom. The van der Waals surface area contributed by atoms with Gasteiger partial charge in [0.1, 0.15) is 12.1 Å². The van der Waals surface area contributed by atoms with Gasteiger partial charge < -0.3 is 10.1 Å². The summed E-state index contributed by atoms with van der Waals surface area (Å²) in [5, 5.41) is 3.37. The van der Waals surface area contributed by atoms with Crippen LogP contribution in [0.15, 0.2) is 12.4 Å². The Bertz CT molecular complexity index is 348. The van der Waals surface area contributed by atoms with Crippen LogP contribution in [-0.2, 0) is 0 Å². The van der Waals surface area contributed by atoms with Gasteiger partial charge in [-0.25, -0.2) is 9.97 Å². The summed E-state index contributed by atoms with van der Waals surface area (Å²) in [5.74, 6) is 2.31. The Morgan fingerprint density at radius 1 is 1.35 bits per heavy atom. The average Bonchev–Trinajstić information content (AvgIpc) is 2.79. The first-order valence-corrected chi connectivity index (χ1v) is 6.46. The first kappa shape index (κ1) is 12.1. The maximum atomic E-state index is 5.54. The number of hydrogen-bond acceptors (Lipinski definition) is 4. The summed E-state index contributed by atoms with van der Waals surface area (Å²) >= 11 is 0. The predicted octanol–water partition coefficient (Wildman–Crippen LogP) is 2.87. The smallest absolute Gasteiger partial charge is 0.218 e. The first-order chi connectivity index (χ1) is 8.24. The molecule has 0 unspecified atom stereocenters. The van der Waals surface area contributed by atoms with Gasteiger partial charge in [0.15, 0.2) is 0 Å². The van der Waals surface area contributed by atoms with E-state index in [-0.39, 0.29) is 6.10 Å². The molecular formula is C13H21N3O. The minimum atomic E-state index is 0.146. The highest BCUT2D eigenvalue weighted by Crippen LogP contribution is 2.25. The van der Waals surface area contributed by atoms with Gasteiger partial charge in [0.05, 0.1) is 6.10 Å². The van der Waals surface area contributed by atoms with Gasteiger partial charge in [-0.05, 0) is 32.6 Å². The van der Waals surface area contributed by atoms with Crippen molar-refractivity contribution in [3.05, 3.63) is 12.4 Å². The number of nitrogens with one attached hydrogen (secondary N) is 1. The molecule has 1 saturated carbocycles. The van der Waals surface area contributed by atoms with Crippen molar-refractivity contribution in [2.45, 2.75) is 45.6 Å². The molecule has 17 heavy (non-hydrogen) atoms. The molecule has 4 nitrogen and oxygen atoms in total. The van der Waals surface area contributed by atoms with Gasteiger partial charge in [0.25, 0.3) is 0 Å². The summed E-state index contributed by atoms with van der Waals surface area (Å²) < 4.78 is 5.54. The van der Waals surface area contributed by atoms with Crippen molar-refractivity contribution in [1.29, 1.82) is 0 Å². The molecule has 1 aliphatic rings. The molecule has 1 aliphatic carbocycles. The molecule has 1 heterocycles. The highest BCUT2D eigenvalue weighted by Gasteiger charge is 2.14. The molecule has 1 aromatic rings. The van der Waals surface area contributed by atoms with Crippen molar-refractivity contribution in [3.63, 3.8) is 0 Å². The number of nitrogens with zero attached hydrogens (tertiary/aromatic N) is 2. The Labute approximate surface area is 103 Å². The van der Waals surface area contributed by atoms with Crippen molar-refractivity contribution >= 4 is 5.82 Å². The quantitative estimate of drug-likeness (QED) is 0.852. The van der Waals surface area contributed by atoms with Crippen molar-refractivity contribution in [2.75, 3.05) is 11.9 Å². The molecule has 94 valence electrons. The van der Waals surface area contributed by atoms with Crippen LogP contribution in [0.5, 0.6) is 5.88 Å². The lowest BCUT2D eigenvalue weighted by Gasteiger charge is -2.12. The lowest BCUT2D eigenvalue weighted by Crippen LogP contribution is -2.13. The third-order valence-electron chi connectivity index (χ3n) is 3.05. The van der Waals surface area contributed by atoms with E-state index in [4.69, 9.17) is 4.74 Å². The average molecular weight is 235 g/mol. The van der Waals surface area contributed by atoms with E-state index in [9.17, 15) is 0 Å². The second-order valence-corrected chi connectivity index (χ2v) is 4.94. The number of ether oxygens (including phenoxy) is 1. The Hall–Kier alpha value is -1.32. The zero-order valence-electron chi connectivity index (χ0n) is 10.6. The zero-order chi connectivity index (χ0) is 12.1. The minimum Gasteiger partial charge on any atom is -0.475 e. The van der Waals surface area contributed by atoms with Crippen LogP contribution in [0.4, 0.5) is 5.82 Å². The predicted molar refractivity (Wildman–Crippen MR) is 68.2 cm³/mol. The second kappa shape index (κ2) is 5.84. The van der Waals surface area contributed by atoms with Crippen LogP contribution in [0.25, 0.3) is 0 Å². The minimum absolute atomic E-state index is 0.146. The maximum absolute atomic E-state index is 5.54. The van der Waals surface area contributed by atoms with E-state index in [1.54, 1.807) is 6.33 Å². The lowest BCUT2D eigenvalue weighted by atomic mass is 10.1.